The second kappa shape index (κ2) is 10.9. The van der Waals surface area contributed by atoms with Crippen LogP contribution in [0.2, 0.25) is 0 Å². The molecule has 5 nitrogen and oxygen atoms in total. The molecule has 0 unspecified atom stereocenters. The lowest BCUT2D eigenvalue weighted by atomic mass is 10.0. The van der Waals surface area contributed by atoms with Crippen molar-refractivity contribution in [1.29, 1.82) is 0 Å². The predicted molar refractivity (Wildman–Crippen MR) is 130 cm³/mol. The highest BCUT2D eigenvalue weighted by Crippen LogP contribution is 2.23. The van der Waals surface area contributed by atoms with Gasteiger partial charge in [0.25, 0.3) is 0 Å². The van der Waals surface area contributed by atoms with Crippen LogP contribution in [0.1, 0.15) is 24.0 Å². The Bertz CT molecular complexity index is 1110. The molecular formula is C26H31N3O2S. The zero-order chi connectivity index (χ0) is 22.2. The quantitative estimate of drug-likeness (QED) is 0.491. The molecule has 1 fully saturated rings. The molecular weight excluding hydrogens is 418 g/mol. The third-order valence-electron chi connectivity index (χ3n) is 5.82. The summed E-state index contributed by atoms with van der Waals surface area (Å²) in [6.07, 6.45) is 2.41. The number of sulfonamides is 1. The minimum absolute atomic E-state index is 0.309. The van der Waals surface area contributed by atoms with E-state index in [2.05, 4.69) is 39.2 Å². The van der Waals surface area contributed by atoms with Crippen LogP contribution in [0.3, 0.4) is 0 Å². The van der Waals surface area contributed by atoms with Gasteiger partial charge in [0.2, 0.25) is 10.0 Å². The van der Waals surface area contributed by atoms with Gasteiger partial charge in [0.05, 0.1) is 4.90 Å². The SMILES string of the molecule is O=S(=O)(NCCN1CCCC1)c1cccc(-c2cccc(CNCc3ccccc3)c2)c1. The van der Waals surface area contributed by atoms with Crippen LogP contribution in [0.5, 0.6) is 0 Å². The molecule has 1 aliphatic heterocycles. The van der Waals surface area contributed by atoms with Gasteiger partial charge >= 0.3 is 0 Å². The fourth-order valence-electron chi connectivity index (χ4n) is 4.08. The zero-order valence-electron chi connectivity index (χ0n) is 18.3. The third-order valence-corrected chi connectivity index (χ3v) is 7.28. The summed E-state index contributed by atoms with van der Waals surface area (Å²) < 4.78 is 28.3. The van der Waals surface area contributed by atoms with Crippen molar-refractivity contribution in [3.8, 4) is 11.1 Å². The van der Waals surface area contributed by atoms with Crippen LogP contribution in [0.4, 0.5) is 0 Å². The molecule has 1 saturated heterocycles. The molecule has 0 aromatic heterocycles. The number of nitrogens with zero attached hydrogens (tertiary/aromatic N) is 1. The summed E-state index contributed by atoms with van der Waals surface area (Å²) in [5.74, 6) is 0. The van der Waals surface area contributed by atoms with E-state index in [4.69, 9.17) is 0 Å². The summed E-state index contributed by atoms with van der Waals surface area (Å²) in [6.45, 7) is 4.88. The van der Waals surface area contributed by atoms with Crippen LogP contribution < -0.4 is 10.0 Å². The second-order valence-electron chi connectivity index (χ2n) is 8.26. The Morgan fingerprint density at radius 1 is 0.750 bits per heavy atom. The van der Waals surface area contributed by atoms with Gasteiger partial charge in [-0.1, -0.05) is 60.7 Å². The second-order valence-corrected chi connectivity index (χ2v) is 10.0. The Labute approximate surface area is 191 Å². The number of rotatable bonds is 10. The largest absolute Gasteiger partial charge is 0.309 e. The van der Waals surface area contributed by atoms with Crippen LogP contribution in [0.15, 0.2) is 83.8 Å². The van der Waals surface area contributed by atoms with Gasteiger partial charge in [-0.05, 0) is 66.4 Å². The monoisotopic (exact) mass is 449 g/mol. The molecule has 2 N–H and O–H groups in total. The molecule has 0 saturated carbocycles. The molecule has 0 amide bonds. The molecule has 32 heavy (non-hydrogen) atoms. The Morgan fingerprint density at radius 2 is 1.41 bits per heavy atom. The summed E-state index contributed by atoms with van der Waals surface area (Å²) in [4.78, 5) is 2.61. The fraction of sp³-hybridized carbons (Fsp3) is 0.308. The first kappa shape index (κ1) is 22.7. The molecule has 6 heteroatoms. The molecule has 0 spiro atoms. The van der Waals surface area contributed by atoms with Crippen molar-refractivity contribution in [2.24, 2.45) is 0 Å². The van der Waals surface area contributed by atoms with Gasteiger partial charge in [0, 0.05) is 26.2 Å². The Balaban J connectivity index is 1.39. The molecule has 1 aliphatic rings. The molecule has 4 rings (SSSR count). The predicted octanol–water partition coefficient (Wildman–Crippen LogP) is 4.02. The van der Waals surface area contributed by atoms with E-state index in [1.165, 1.54) is 18.4 Å². The third kappa shape index (κ3) is 6.26. The van der Waals surface area contributed by atoms with E-state index < -0.39 is 10.0 Å². The van der Waals surface area contributed by atoms with E-state index in [0.29, 0.717) is 11.4 Å². The van der Waals surface area contributed by atoms with E-state index in [9.17, 15) is 8.42 Å². The lowest BCUT2D eigenvalue weighted by Gasteiger charge is -2.15. The van der Waals surface area contributed by atoms with Crippen molar-refractivity contribution < 1.29 is 8.42 Å². The van der Waals surface area contributed by atoms with Crippen molar-refractivity contribution in [2.45, 2.75) is 30.8 Å². The Morgan fingerprint density at radius 3 is 2.19 bits per heavy atom. The highest BCUT2D eigenvalue weighted by molar-refractivity contribution is 7.89. The average Bonchev–Trinajstić information content (AvgIpc) is 3.34. The first-order valence-corrected chi connectivity index (χ1v) is 12.7. The minimum Gasteiger partial charge on any atom is -0.309 e. The average molecular weight is 450 g/mol. The number of nitrogens with one attached hydrogen (secondary N) is 2. The summed E-state index contributed by atoms with van der Waals surface area (Å²) in [5.41, 5.74) is 4.32. The molecule has 0 radical (unpaired) electrons. The van der Waals surface area contributed by atoms with Crippen LogP contribution >= 0.6 is 0 Å². The number of likely N-dealkylation sites (tertiary alicyclic amines) is 1. The maximum Gasteiger partial charge on any atom is 0.240 e. The van der Waals surface area contributed by atoms with Gasteiger partial charge in [-0.3, -0.25) is 0 Å². The van der Waals surface area contributed by atoms with E-state index in [0.717, 1.165) is 49.4 Å². The van der Waals surface area contributed by atoms with Gasteiger partial charge in [0.15, 0.2) is 0 Å². The first-order chi connectivity index (χ1) is 15.6. The summed E-state index contributed by atoms with van der Waals surface area (Å²) in [7, 11) is -3.53. The Hall–Kier alpha value is -2.51. The van der Waals surface area contributed by atoms with E-state index in [1.807, 2.05) is 42.5 Å². The van der Waals surface area contributed by atoms with Gasteiger partial charge < -0.3 is 10.2 Å². The van der Waals surface area contributed by atoms with Gasteiger partial charge in [-0.25, -0.2) is 13.1 Å². The van der Waals surface area contributed by atoms with Crippen molar-refractivity contribution in [2.75, 3.05) is 26.2 Å². The fourth-order valence-corrected chi connectivity index (χ4v) is 5.14. The van der Waals surface area contributed by atoms with Crippen LogP contribution in [0.25, 0.3) is 11.1 Å². The smallest absolute Gasteiger partial charge is 0.240 e. The lowest BCUT2D eigenvalue weighted by molar-refractivity contribution is 0.344. The molecule has 3 aromatic carbocycles. The lowest BCUT2D eigenvalue weighted by Crippen LogP contribution is -2.33. The normalized spacial score (nSPS) is 14.6. The minimum atomic E-state index is -3.53. The molecule has 168 valence electrons. The van der Waals surface area contributed by atoms with Gasteiger partial charge in [-0.2, -0.15) is 0 Å². The Kier molecular flexibility index (Phi) is 7.71. The highest BCUT2D eigenvalue weighted by Gasteiger charge is 2.16. The van der Waals surface area contributed by atoms with Gasteiger partial charge in [-0.15, -0.1) is 0 Å². The topological polar surface area (TPSA) is 61.4 Å². The van der Waals surface area contributed by atoms with E-state index >= 15 is 0 Å². The summed E-state index contributed by atoms with van der Waals surface area (Å²) in [5, 5.41) is 3.47. The van der Waals surface area contributed by atoms with Crippen molar-refractivity contribution >= 4 is 10.0 Å². The van der Waals surface area contributed by atoms with Crippen LogP contribution in [0, 0.1) is 0 Å². The molecule has 0 aliphatic carbocycles. The number of hydrogen-bond acceptors (Lipinski definition) is 4. The van der Waals surface area contributed by atoms with E-state index in [-0.39, 0.29) is 0 Å². The summed E-state index contributed by atoms with van der Waals surface area (Å²) >= 11 is 0. The first-order valence-electron chi connectivity index (χ1n) is 11.3. The van der Waals surface area contributed by atoms with Crippen molar-refractivity contribution in [3.63, 3.8) is 0 Å². The van der Waals surface area contributed by atoms with Gasteiger partial charge in [0.1, 0.15) is 0 Å². The number of benzene rings is 3. The number of hydrogen-bond donors (Lipinski definition) is 2. The molecule has 0 bridgehead atoms. The van der Waals surface area contributed by atoms with Crippen LogP contribution in [-0.4, -0.2) is 39.5 Å². The van der Waals surface area contributed by atoms with Crippen molar-refractivity contribution in [3.05, 3.63) is 90.0 Å². The molecule has 3 aromatic rings. The summed E-state index contributed by atoms with van der Waals surface area (Å²) in [6, 6.07) is 25.7. The van der Waals surface area contributed by atoms with E-state index in [1.54, 1.807) is 12.1 Å². The highest BCUT2D eigenvalue weighted by atomic mass is 32.2. The maximum absolute atomic E-state index is 12.8. The van der Waals surface area contributed by atoms with Crippen molar-refractivity contribution in [1.82, 2.24) is 14.9 Å². The molecule has 0 atom stereocenters. The standard InChI is InChI=1S/C26H31N3O2S/c30-32(31,28-14-17-29-15-4-5-16-29)26-13-7-12-25(19-26)24-11-6-10-23(18-24)21-27-20-22-8-2-1-3-9-22/h1-3,6-13,18-19,27-28H,4-5,14-17,20-21H2. The zero-order valence-corrected chi connectivity index (χ0v) is 19.2. The van der Waals surface area contributed by atoms with Crippen LogP contribution in [-0.2, 0) is 23.1 Å². The maximum atomic E-state index is 12.8. The molecule has 1 heterocycles.